The lowest BCUT2D eigenvalue weighted by Gasteiger charge is -2.14. The zero-order valence-corrected chi connectivity index (χ0v) is 10.0. The van der Waals surface area contributed by atoms with Crippen molar-refractivity contribution in [3.8, 4) is 0 Å². The van der Waals surface area contributed by atoms with Crippen molar-refractivity contribution in [3.05, 3.63) is 38.9 Å². The molecule has 0 bridgehead atoms. The number of aromatic nitrogens is 2. The maximum absolute atomic E-state index is 12.8. The Bertz CT molecular complexity index is 812. The van der Waals surface area contributed by atoms with E-state index in [2.05, 4.69) is 9.97 Å². The molecule has 1 heterocycles. The summed E-state index contributed by atoms with van der Waals surface area (Å²) in [5.41, 5.74) is -1.92. The van der Waals surface area contributed by atoms with Crippen LogP contribution in [0.5, 0.6) is 0 Å². The largest absolute Gasteiger partial charge is 0.383 e. The monoisotopic (exact) mass is 305 g/mol. The summed E-state index contributed by atoms with van der Waals surface area (Å²) in [7, 11) is 0. The number of aromatic amines is 2. The lowest BCUT2D eigenvalue weighted by Crippen LogP contribution is -2.41. The van der Waals surface area contributed by atoms with Gasteiger partial charge in [0.15, 0.2) is 0 Å². The number of hydrogen-bond donors (Lipinski definition) is 3. The molecule has 21 heavy (non-hydrogen) atoms. The van der Waals surface area contributed by atoms with E-state index in [1.807, 2.05) is 0 Å². The fourth-order valence-corrected chi connectivity index (χ4v) is 1.51. The number of carbonyl (C=O) groups excluding carboxylic acids is 1. The summed E-state index contributed by atoms with van der Waals surface area (Å²) in [5, 5.41) is 1.61. The Morgan fingerprint density at radius 1 is 1.10 bits per heavy atom. The van der Waals surface area contributed by atoms with Crippen molar-refractivity contribution in [2.24, 2.45) is 0 Å². The minimum atomic E-state index is -4.84. The van der Waals surface area contributed by atoms with Crippen molar-refractivity contribution in [3.63, 3.8) is 0 Å². The molecule has 1 aromatic carbocycles. The number of alkyl halides is 4. The Labute approximate surface area is 112 Å². The van der Waals surface area contributed by atoms with Crippen molar-refractivity contribution in [2.45, 2.75) is 12.3 Å². The van der Waals surface area contributed by atoms with Gasteiger partial charge in [-0.3, -0.25) is 14.4 Å². The zero-order valence-electron chi connectivity index (χ0n) is 10.0. The van der Waals surface area contributed by atoms with E-state index < -0.39 is 29.4 Å². The van der Waals surface area contributed by atoms with Gasteiger partial charge in [0.25, 0.3) is 0 Å². The van der Waals surface area contributed by atoms with Gasteiger partial charge in [-0.25, -0.2) is 8.78 Å². The minimum absolute atomic E-state index is 0.0396. The second-order valence-corrected chi connectivity index (χ2v) is 4.05. The van der Waals surface area contributed by atoms with Crippen LogP contribution >= 0.6 is 0 Å². The van der Waals surface area contributed by atoms with Crippen LogP contribution < -0.4 is 16.4 Å². The molecule has 3 N–H and O–H groups in total. The normalized spacial score (nSPS) is 11.9. The van der Waals surface area contributed by atoms with Crippen LogP contribution in [0, 0.1) is 0 Å². The molecule has 0 radical (unpaired) electrons. The number of H-pyrrole nitrogens is 2. The van der Waals surface area contributed by atoms with E-state index in [1.165, 1.54) is 6.07 Å². The molecule has 0 saturated carbocycles. The second-order valence-electron chi connectivity index (χ2n) is 4.05. The third-order valence-corrected chi connectivity index (χ3v) is 2.56. The number of nitrogens with one attached hydrogen (secondary N) is 3. The number of amides is 1. The van der Waals surface area contributed by atoms with Gasteiger partial charge in [-0.05, 0) is 18.2 Å². The van der Waals surface area contributed by atoms with Crippen LogP contribution in [0.2, 0.25) is 0 Å². The van der Waals surface area contributed by atoms with Crippen LogP contribution in [0.25, 0.3) is 11.0 Å². The standard InChI is InChI=1S/C11H7F4N3O3/c12-9(13)11(14,15)10(21)16-4-1-2-5-6(3-4)18-8(20)7(19)17-5/h1-3,9H,(H,16,21)(H,17,19)(H,18,20). The molecular formula is C11H7F4N3O3. The Morgan fingerprint density at radius 3 is 2.24 bits per heavy atom. The predicted octanol–water partition coefficient (Wildman–Crippen LogP) is 1.06. The van der Waals surface area contributed by atoms with Crippen LogP contribution in [-0.4, -0.2) is 28.2 Å². The molecule has 0 aliphatic carbocycles. The molecule has 10 heteroatoms. The highest BCUT2D eigenvalue weighted by Gasteiger charge is 2.48. The van der Waals surface area contributed by atoms with E-state index in [9.17, 15) is 31.9 Å². The zero-order chi connectivity index (χ0) is 15.8. The Balaban J connectivity index is 2.36. The number of fused-ring (bicyclic) bond motifs is 1. The van der Waals surface area contributed by atoms with Gasteiger partial charge in [0.2, 0.25) is 0 Å². The summed E-state index contributed by atoms with van der Waals surface area (Å²) >= 11 is 0. The first kappa shape index (κ1) is 14.8. The SMILES string of the molecule is O=C(Nc1ccc2[nH]c(=O)c(=O)[nH]c2c1)C(F)(F)C(F)F. The molecule has 0 aliphatic heterocycles. The molecule has 0 spiro atoms. The van der Waals surface area contributed by atoms with Gasteiger partial charge in [-0.2, -0.15) is 8.78 Å². The van der Waals surface area contributed by atoms with Gasteiger partial charge in [-0.15, -0.1) is 0 Å². The molecule has 2 aromatic rings. The van der Waals surface area contributed by atoms with Crippen LogP contribution in [0.1, 0.15) is 0 Å². The molecule has 0 atom stereocenters. The summed E-state index contributed by atoms with van der Waals surface area (Å²) in [6.45, 7) is 0. The molecule has 0 fully saturated rings. The fraction of sp³-hybridized carbons (Fsp3) is 0.182. The predicted molar refractivity (Wildman–Crippen MR) is 64.8 cm³/mol. The van der Waals surface area contributed by atoms with Gasteiger partial charge in [0.1, 0.15) is 0 Å². The van der Waals surface area contributed by atoms with E-state index in [-0.39, 0.29) is 16.7 Å². The highest BCUT2D eigenvalue weighted by Crippen LogP contribution is 2.25. The number of benzene rings is 1. The third-order valence-electron chi connectivity index (χ3n) is 2.56. The van der Waals surface area contributed by atoms with Gasteiger partial charge >= 0.3 is 29.4 Å². The number of halogens is 4. The fourth-order valence-electron chi connectivity index (χ4n) is 1.51. The van der Waals surface area contributed by atoms with E-state index >= 15 is 0 Å². The van der Waals surface area contributed by atoms with Gasteiger partial charge in [0, 0.05) is 5.69 Å². The van der Waals surface area contributed by atoms with Crippen LogP contribution in [0.4, 0.5) is 23.2 Å². The van der Waals surface area contributed by atoms with E-state index in [1.54, 1.807) is 5.32 Å². The summed E-state index contributed by atoms with van der Waals surface area (Å²) in [5.74, 6) is -7.02. The first-order valence-corrected chi connectivity index (χ1v) is 5.45. The molecule has 2 rings (SSSR count). The molecule has 112 valence electrons. The number of carbonyl (C=O) groups is 1. The van der Waals surface area contributed by atoms with Crippen molar-refractivity contribution >= 4 is 22.6 Å². The molecule has 1 aromatic heterocycles. The average molecular weight is 305 g/mol. The molecular weight excluding hydrogens is 298 g/mol. The van der Waals surface area contributed by atoms with Crippen LogP contribution in [0.3, 0.4) is 0 Å². The average Bonchev–Trinajstić information content (AvgIpc) is 2.40. The summed E-state index contributed by atoms with van der Waals surface area (Å²) in [6, 6.07) is 3.37. The second kappa shape index (κ2) is 5.04. The summed E-state index contributed by atoms with van der Waals surface area (Å²) in [6.07, 6.45) is -4.14. The van der Waals surface area contributed by atoms with Gasteiger partial charge < -0.3 is 15.3 Å². The lowest BCUT2D eigenvalue weighted by atomic mass is 10.2. The number of rotatable bonds is 3. The highest BCUT2D eigenvalue weighted by molar-refractivity contribution is 5.97. The smallest absolute Gasteiger partial charge is 0.321 e. The van der Waals surface area contributed by atoms with E-state index in [0.717, 1.165) is 12.1 Å². The molecule has 0 unspecified atom stereocenters. The van der Waals surface area contributed by atoms with Crippen LogP contribution in [-0.2, 0) is 4.79 Å². The Morgan fingerprint density at radius 2 is 1.67 bits per heavy atom. The van der Waals surface area contributed by atoms with E-state index in [0.29, 0.717) is 0 Å². The molecule has 0 saturated heterocycles. The van der Waals surface area contributed by atoms with E-state index in [4.69, 9.17) is 0 Å². The Kier molecular flexibility index (Phi) is 3.54. The van der Waals surface area contributed by atoms with Crippen molar-refractivity contribution in [1.82, 2.24) is 9.97 Å². The first-order chi connectivity index (χ1) is 9.71. The van der Waals surface area contributed by atoms with Crippen LogP contribution in [0.15, 0.2) is 27.8 Å². The lowest BCUT2D eigenvalue weighted by molar-refractivity contribution is -0.163. The topological polar surface area (TPSA) is 94.8 Å². The molecule has 6 nitrogen and oxygen atoms in total. The number of hydrogen-bond acceptors (Lipinski definition) is 3. The van der Waals surface area contributed by atoms with Crippen molar-refractivity contribution in [1.29, 1.82) is 0 Å². The first-order valence-electron chi connectivity index (χ1n) is 5.45. The Hall–Kier alpha value is -2.65. The molecule has 0 aliphatic rings. The highest BCUT2D eigenvalue weighted by atomic mass is 19.3. The maximum atomic E-state index is 12.8. The minimum Gasteiger partial charge on any atom is -0.321 e. The van der Waals surface area contributed by atoms with Crippen molar-refractivity contribution in [2.75, 3.05) is 5.32 Å². The maximum Gasteiger partial charge on any atom is 0.383 e. The van der Waals surface area contributed by atoms with Crippen molar-refractivity contribution < 1.29 is 22.4 Å². The quantitative estimate of drug-likeness (QED) is 0.584. The molecule has 1 amide bonds. The summed E-state index contributed by atoms with van der Waals surface area (Å²) < 4.78 is 49.6. The number of anilines is 1. The van der Waals surface area contributed by atoms with Gasteiger partial charge in [-0.1, -0.05) is 0 Å². The summed E-state index contributed by atoms with van der Waals surface area (Å²) in [4.78, 5) is 37.6. The third kappa shape index (κ3) is 2.78. The van der Waals surface area contributed by atoms with Gasteiger partial charge in [0.05, 0.1) is 11.0 Å².